The quantitative estimate of drug-likeness (QED) is 0.153. The van der Waals surface area contributed by atoms with Gasteiger partial charge >= 0.3 is 15.6 Å². The summed E-state index contributed by atoms with van der Waals surface area (Å²) in [5, 5.41) is 11.7. The summed E-state index contributed by atoms with van der Waals surface area (Å²) in [6.45, 7) is -0.902. The maximum Gasteiger partial charge on any atom is 0.472 e. The molecule has 2 bridgehead atoms. The standard InChI is InChI=1S/C25H32N10O11P2/c1-42-17-10-4-12(34-8-31-14-22(34)32-24(27)33-23(14)37)18(17)45-48(40,41)44-6-25-3-2-11(25)15(16(36)19(25)46-47(38,39)43-5-10)35-9-30-13-20(26)28-7-29-21(13)35/h7-12,15-19,36H,2-6H2,1H3,(H,38,39)(H,40,41)(H2,26,28,29)(H3,27,32,33,37)/t10-,11-,12-,15-,16+,17-,18+,19+,25?/m1/s1. The predicted octanol–water partition coefficient (Wildman–Crippen LogP) is 0.0299. The Hall–Kier alpha value is -3.36. The number of rotatable bonds is 3. The summed E-state index contributed by atoms with van der Waals surface area (Å²) in [4.78, 5) is 57.9. The van der Waals surface area contributed by atoms with Gasteiger partial charge in [0.15, 0.2) is 22.6 Å². The average Bonchev–Trinajstić information content (AvgIpc) is 3.75. The van der Waals surface area contributed by atoms with Crippen LogP contribution in [0, 0.1) is 17.3 Å². The number of hydrogen-bond acceptors (Lipinski definition) is 16. The maximum absolute atomic E-state index is 13.7. The smallest absolute Gasteiger partial charge is 0.388 e. The van der Waals surface area contributed by atoms with Crippen molar-refractivity contribution in [3.8, 4) is 0 Å². The molecule has 1 saturated heterocycles. The van der Waals surface area contributed by atoms with Crippen LogP contribution in [-0.4, -0.2) is 98.7 Å². The van der Waals surface area contributed by atoms with E-state index in [1.54, 1.807) is 4.57 Å². The molecule has 5 heterocycles. The molecular formula is C25H32N10O11P2. The molecule has 4 aromatic rings. The third-order valence-electron chi connectivity index (χ3n) is 10.2. The molecule has 1 spiro atoms. The van der Waals surface area contributed by atoms with Gasteiger partial charge in [0, 0.05) is 18.4 Å². The van der Waals surface area contributed by atoms with Crippen molar-refractivity contribution in [3.05, 3.63) is 29.3 Å². The number of methoxy groups -OCH3 is 1. The molecule has 0 radical (unpaired) electrons. The van der Waals surface area contributed by atoms with Crippen LogP contribution in [0.5, 0.6) is 0 Å². The van der Waals surface area contributed by atoms with Crippen LogP contribution in [0.25, 0.3) is 22.3 Å². The number of phosphoric ester groups is 2. The van der Waals surface area contributed by atoms with Gasteiger partial charge in [-0.15, -0.1) is 0 Å². The minimum absolute atomic E-state index is 0.0296. The van der Waals surface area contributed by atoms with Crippen LogP contribution in [-0.2, 0) is 32.0 Å². The van der Waals surface area contributed by atoms with Crippen LogP contribution in [0.1, 0.15) is 31.3 Å². The highest BCUT2D eigenvalue weighted by Crippen LogP contribution is 2.67. The summed E-state index contributed by atoms with van der Waals surface area (Å²) in [6, 6.07) is -1.63. The minimum Gasteiger partial charge on any atom is -0.388 e. The first-order valence-corrected chi connectivity index (χ1v) is 18.0. The van der Waals surface area contributed by atoms with Gasteiger partial charge in [-0.05, 0) is 25.2 Å². The lowest BCUT2D eigenvalue weighted by Crippen LogP contribution is -2.50. The molecule has 0 aromatic carbocycles. The van der Waals surface area contributed by atoms with Crippen molar-refractivity contribution in [3.63, 3.8) is 0 Å². The van der Waals surface area contributed by atoms with E-state index in [-0.39, 0.29) is 29.4 Å². The van der Waals surface area contributed by atoms with E-state index in [0.29, 0.717) is 24.0 Å². The Kier molecular flexibility index (Phi) is 7.36. The minimum atomic E-state index is -4.92. The van der Waals surface area contributed by atoms with E-state index >= 15 is 0 Å². The second-order valence-corrected chi connectivity index (χ2v) is 15.4. The van der Waals surface area contributed by atoms with E-state index in [0.717, 1.165) is 0 Å². The molecule has 4 fully saturated rings. The zero-order chi connectivity index (χ0) is 33.7. The molecular weight excluding hydrogens is 678 g/mol. The van der Waals surface area contributed by atoms with Crippen molar-refractivity contribution in [1.82, 2.24) is 39.0 Å². The number of imidazole rings is 2. The lowest BCUT2D eigenvalue weighted by atomic mass is 9.60. The van der Waals surface area contributed by atoms with E-state index in [1.165, 1.54) is 30.7 Å². The Labute approximate surface area is 269 Å². The molecule has 3 unspecified atom stereocenters. The number of H-pyrrole nitrogens is 1. The van der Waals surface area contributed by atoms with Gasteiger partial charge in [-0.1, -0.05) is 0 Å². The number of aliphatic hydroxyl groups excluding tert-OH is 1. The molecule has 8 N–H and O–H groups in total. The van der Waals surface area contributed by atoms with Gasteiger partial charge in [0.25, 0.3) is 5.56 Å². The zero-order valence-corrected chi connectivity index (χ0v) is 27.0. The van der Waals surface area contributed by atoms with Crippen molar-refractivity contribution in [2.24, 2.45) is 17.3 Å². The van der Waals surface area contributed by atoms with E-state index < -0.39 is 88.2 Å². The lowest BCUT2D eigenvalue weighted by molar-refractivity contribution is -0.0975. The Morgan fingerprint density at radius 3 is 2.54 bits per heavy atom. The first-order valence-electron chi connectivity index (χ1n) is 15.0. The molecule has 21 nitrogen and oxygen atoms in total. The molecule has 1 aliphatic heterocycles. The third kappa shape index (κ3) is 4.84. The molecule has 23 heteroatoms. The first kappa shape index (κ1) is 31.9. The number of ether oxygens (including phenoxy) is 1. The summed E-state index contributed by atoms with van der Waals surface area (Å²) < 4.78 is 58.8. The van der Waals surface area contributed by atoms with E-state index in [9.17, 15) is 28.8 Å². The maximum atomic E-state index is 13.7. The van der Waals surface area contributed by atoms with E-state index in [4.69, 9.17) is 34.3 Å². The van der Waals surface area contributed by atoms with Gasteiger partial charge < -0.3 is 40.2 Å². The Bertz CT molecular complexity index is 2070. The number of aromatic nitrogens is 8. The monoisotopic (exact) mass is 710 g/mol. The molecule has 0 amide bonds. The normalized spacial score (nSPS) is 40.1. The highest BCUT2D eigenvalue weighted by atomic mass is 31.2. The van der Waals surface area contributed by atoms with Crippen molar-refractivity contribution < 1.29 is 46.9 Å². The number of nitrogens with two attached hydrogens (primary N) is 2. The fourth-order valence-corrected chi connectivity index (χ4v) is 10.2. The van der Waals surface area contributed by atoms with E-state index in [1.807, 2.05) is 0 Å². The van der Waals surface area contributed by atoms with Crippen molar-refractivity contribution in [2.45, 2.75) is 55.8 Å². The second kappa shape index (κ2) is 11.1. The lowest BCUT2D eigenvalue weighted by Gasteiger charge is -2.48. The summed E-state index contributed by atoms with van der Waals surface area (Å²) in [7, 11) is -8.47. The molecule has 4 aliphatic rings. The number of nitrogen functional groups attached to an aromatic ring is 2. The molecule has 11 atom stereocenters. The summed E-state index contributed by atoms with van der Waals surface area (Å²) in [6.07, 6.45) is -0.0746. The fourth-order valence-electron chi connectivity index (χ4n) is 8.07. The fraction of sp³-hybridized carbons (Fsp3) is 0.600. The van der Waals surface area contributed by atoms with Gasteiger partial charge in [-0.3, -0.25) is 27.9 Å². The SMILES string of the molecule is CO[C@@H]1[C@H]2COP(=O)(O)O[C@H]3[C@@H](O)[C@H](n4cnc5c(N)ncnc54)[C@H]4CCC43COP(=O)(O)O[C@H]1[C@H](n1cnc3c(=O)[nH]c(N)nc31)C2. The Balaban J connectivity index is 1.17. The number of aliphatic hydroxyl groups is 1. The van der Waals surface area contributed by atoms with E-state index in [2.05, 4.69) is 29.9 Å². The summed E-state index contributed by atoms with van der Waals surface area (Å²) >= 11 is 0. The molecule has 4 aromatic heterocycles. The molecule has 3 saturated carbocycles. The Morgan fingerprint density at radius 1 is 1.04 bits per heavy atom. The third-order valence-corrected chi connectivity index (χ3v) is 12.2. The zero-order valence-electron chi connectivity index (χ0n) is 25.2. The number of aromatic amines is 1. The largest absolute Gasteiger partial charge is 0.472 e. The summed E-state index contributed by atoms with van der Waals surface area (Å²) in [5.41, 5.74) is 10.6. The van der Waals surface area contributed by atoms with Crippen molar-refractivity contribution in [1.29, 1.82) is 0 Å². The number of hydrogen-bond donors (Lipinski definition) is 6. The van der Waals surface area contributed by atoms with Crippen LogP contribution < -0.4 is 17.0 Å². The molecule has 3 aliphatic carbocycles. The van der Waals surface area contributed by atoms with Crippen molar-refractivity contribution in [2.75, 3.05) is 31.8 Å². The van der Waals surface area contributed by atoms with Crippen LogP contribution in [0.2, 0.25) is 0 Å². The van der Waals surface area contributed by atoms with Gasteiger partial charge in [-0.25, -0.2) is 29.1 Å². The second-order valence-electron chi connectivity index (χ2n) is 12.6. The topological polar surface area (TPSA) is 300 Å². The molecule has 48 heavy (non-hydrogen) atoms. The van der Waals surface area contributed by atoms with Crippen LogP contribution in [0.4, 0.5) is 11.8 Å². The predicted molar refractivity (Wildman–Crippen MR) is 162 cm³/mol. The average molecular weight is 711 g/mol. The first-order chi connectivity index (χ1) is 22.8. The number of anilines is 2. The van der Waals surface area contributed by atoms with Gasteiger partial charge in [0.1, 0.15) is 30.2 Å². The summed E-state index contributed by atoms with van der Waals surface area (Å²) in [5.74, 6) is -1.25. The van der Waals surface area contributed by atoms with Gasteiger partial charge in [0.2, 0.25) is 5.95 Å². The highest BCUT2D eigenvalue weighted by molar-refractivity contribution is 7.47. The van der Waals surface area contributed by atoms with Gasteiger partial charge in [-0.2, -0.15) is 4.98 Å². The van der Waals surface area contributed by atoms with Gasteiger partial charge in [0.05, 0.1) is 44.1 Å². The number of nitrogens with zero attached hydrogens (tertiary/aromatic N) is 7. The van der Waals surface area contributed by atoms with Crippen molar-refractivity contribution >= 4 is 49.7 Å². The highest BCUT2D eigenvalue weighted by Gasteiger charge is 2.68. The van der Waals surface area contributed by atoms with Crippen LogP contribution >= 0.6 is 15.6 Å². The number of phosphoric acid groups is 2. The van der Waals surface area contributed by atoms with Crippen LogP contribution in [0.15, 0.2) is 23.8 Å². The van der Waals surface area contributed by atoms with Crippen LogP contribution in [0.3, 0.4) is 0 Å². The number of fused-ring (bicyclic) bond motifs is 4. The number of nitrogens with one attached hydrogen (secondary N) is 1. The molecule has 8 rings (SSSR count). The Morgan fingerprint density at radius 2 is 1.79 bits per heavy atom. The molecule has 258 valence electrons.